The molecule has 25 heavy (non-hydrogen) atoms. The number of pyridine rings is 1. The van der Waals surface area contributed by atoms with Gasteiger partial charge < -0.3 is 10.4 Å². The maximum Gasteiger partial charge on any atom is 0.230 e. The molecule has 0 spiro atoms. The third-order valence-electron chi connectivity index (χ3n) is 3.63. The molecular weight excluding hydrogens is 316 g/mol. The minimum absolute atomic E-state index is 0.0753. The molecule has 3 rings (SSSR count). The molecule has 3 aromatic rings. The van der Waals surface area contributed by atoms with Gasteiger partial charge in [0.1, 0.15) is 0 Å². The number of aromatic nitrogens is 1. The summed E-state index contributed by atoms with van der Waals surface area (Å²) in [4.78, 5) is 28.5. The lowest BCUT2D eigenvalue weighted by Gasteiger charge is -2.07. The Morgan fingerprint density at radius 2 is 1.68 bits per heavy atom. The molecule has 1 amide bonds. The van der Waals surface area contributed by atoms with E-state index < -0.39 is 0 Å². The number of ketones is 1. The minimum Gasteiger partial charge on any atom is -0.504 e. The molecule has 0 aliphatic heterocycles. The van der Waals surface area contributed by atoms with Crippen molar-refractivity contribution in [1.29, 1.82) is 0 Å². The number of benzene rings is 2. The summed E-state index contributed by atoms with van der Waals surface area (Å²) in [5, 5.41) is 12.2. The van der Waals surface area contributed by atoms with Crippen molar-refractivity contribution in [2.45, 2.75) is 6.42 Å². The van der Waals surface area contributed by atoms with E-state index in [2.05, 4.69) is 10.3 Å². The fraction of sp³-hybridized carbons (Fsp3) is 0.0500. The van der Waals surface area contributed by atoms with Crippen LogP contribution in [0.15, 0.2) is 72.9 Å². The maximum absolute atomic E-state index is 12.5. The normalized spacial score (nSPS) is 10.2. The predicted molar refractivity (Wildman–Crippen MR) is 94.6 cm³/mol. The van der Waals surface area contributed by atoms with Gasteiger partial charge in [-0.3, -0.25) is 9.59 Å². The van der Waals surface area contributed by atoms with Crippen LogP contribution in [-0.2, 0) is 11.2 Å². The van der Waals surface area contributed by atoms with Crippen molar-refractivity contribution in [3.05, 3.63) is 89.6 Å². The van der Waals surface area contributed by atoms with Crippen molar-refractivity contribution in [3.63, 3.8) is 0 Å². The number of aromatic hydroxyl groups is 1. The first-order chi connectivity index (χ1) is 12.1. The van der Waals surface area contributed by atoms with Gasteiger partial charge in [0.05, 0.1) is 6.42 Å². The highest BCUT2D eigenvalue weighted by atomic mass is 16.3. The van der Waals surface area contributed by atoms with Gasteiger partial charge >= 0.3 is 0 Å². The topological polar surface area (TPSA) is 79.3 Å². The Labute approximate surface area is 145 Å². The zero-order valence-corrected chi connectivity index (χ0v) is 13.3. The van der Waals surface area contributed by atoms with Gasteiger partial charge in [0.2, 0.25) is 5.91 Å². The molecule has 0 atom stereocenters. The van der Waals surface area contributed by atoms with E-state index in [1.54, 1.807) is 42.5 Å². The fourth-order valence-corrected chi connectivity index (χ4v) is 2.43. The Kier molecular flexibility index (Phi) is 4.85. The van der Waals surface area contributed by atoms with Gasteiger partial charge in [-0.25, -0.2) is 4.98 Å². The molecule has 0 fully saturated rings. The van der Waals surface area contributed by atoms with Crippen LogP contribution in [0, 0.1) is 0 Å². The molecule has 5 nitrogen and oxygen atoms in total. The summed E-state index contributed by atoms with van der Waals surface area (Å²) in [5.74, 6) is -0.392. The van der Waals surface area contributed by atoms with E-state index in [-0.39, 0.29) is 29.7 Å². The number of nitrogens with zero attached hydrogens (tertiary/aromatic N) is 1. The van der Waals surface area contributed by atoms with Gasteiger partial charge in [-0.15, -0.1) is 0 Å². The molecule has 0 aliphatic carbocycles. The van der Waals surface area contributed by atoms with Gasteiger partial charge in [0, 0.05) is 17.3 Å². The van der Waals surface area contributed by atoms with Crippen LogP contribution < -0.4 is 5.32 Å². The van der Waals surface area contributed by atoms with E-state index in [0.29, 0.717) is 16.7 Å². The summed E-state index contributed by atoms with van der Waals surface area (Å²) in [6, 6.07) is 19.0. The lowest BCUT2D eigenvalue weighted by Crippen LogP contribution is -2.15. The molecule has 1 aromatic heterocycles. The van der Waals surface area contributed by atoms with Gasteiger partial charge in [0.25, 0.3) is 0 Å². The average Bonchev–Trinajstić information content (AvgIpc) is 2.64. The van der Waals surface area contributed by atoms with E-state index >= 15 is 0 Å². The van der Waals surface area contributed by atoms with Gasteiger partial charge in [-0.2, -0.15) is 0 Å². The molecule has 0 saturated heterocycles. The van der Waals surface area contributed by atoms with Crippen molar-refractivity contribution >= 4 is 17.5 Å². The zero-order chi connectivity index (χ0) is 17.6. The predicted octanol–water partition coefficient (Wildman–Crippen LogP) is 3.20. The van der Waals surface area contributed by atoms with E-state index in [0.717, 1.165) is 0 Å². The van der Waals surface area contributed by atoms with Crippen LogP contribution in [0.3, 0.4) is 0 Å². The first-order valence-electron chi connectivity index (χ1n) is 7.76. The Balaban J connectivity index is 1.73. The number of carbonyl (C=O) groups excluding carboxylic acids is 2. The fourth-order valence-electron chi connectivity index (χ4n) is 2.43. The number of rotatable bonds is 5. The number of anilines is 1. The smallest absolute Gasteiger partial charge is 0.230 e. The van der Waals surface area contributed by atoms with Crippen molar-refractivity contribution in [3.8, 4) is 5.75 Å². The standard InChI is InChI=1S/C20H16N2O3/c23-17-10-5-11-21-20(17)22-18(24)13-14-6-4-9-16(12-14)19(25)15-7-2-1-3-8-15/h1-12,23H,13H2,(H,21,22,24). The molecule has 0 unspecified atom stereocenters. The largest absolute Gasteiger partial charge is 0.504 e. The number of hydrogen-bond acceptors (Lipinski definition) is 4. The van der Waals surface area contributed by atoms with Gasteiger partial charge in [-0.1, -0.05) is 48.5 Å². The maximum atomic E-state index is 12.5. The Morgan fingerprint density at radius 3 is 2.44 bits per heavy atom. The first-order valence-corrected chi connectivity index (χ1v) is 7.76. The monoisotopic (exact) mass is 332 g/mol. The number of nitrogens with one attached hydrogen (secondary N) is 1. The lowest BCUT2D eigenvalue weighted by atomic mass is 10.0. The number of hydrogen-bond donors (Lipinski definition) is 2. The quantitative estimate of drug-likeness (QED) is 0.703. The lowest BCUT2D eigenvalue weighted by molar-refractivity contribution is -0.115. The molecule has 0 radical (unpaired) electrons. The highest BCUT2D eigenvalue weighted by Crippen LogP contribution is 2.19. The van der Waals surface area contributed by atoms with Crippen molar-refractivity contribution in [1.82, 2.24) is 4.98 Å². The molecule has 0 aliphatic rings. The first kappa shape index (κ1) is 16.4. The molecule has 124 valence electrons. The van der Waals surface area contributed by atoms with Gasteiger partial charge in [0.15, 0.2) is 17.4 Å². The van der Waals surface area contributed by atoms with Crippen LogP contribution in [0.4, 0.5) is 5.82 Å². The summed E-state index contributed by atoms with van der Waals surface area (Å²) in [6.45, 7) is 0. The van der Waals surface area contributed by atoms with Crippen molar-refractivity contribution in [2.24, 2.45) is 0 Å². The van der Waals surface area contributed by atoms with Crippen LogP contribution in [0.5, 0.6) is 5.75 Å². The van der Waals surface area contributed by atoms with Crippen LogP contribution in [0.25, 0.3) is 0 Å². The second-order valence-electron chi connectivity index (χ2n) is 5.49. The molecule has 5 heteroatoms. The number of carbonyl (C=O) groups is 2. The molecular formula is C20H16N2O3. The second-order valence-corrected chi connectivity index (χ2v) is 5.49. The van der Waals surface area contributed by atoms with Crippen molar-refractivity contribution in [2.75, 3.05) is 5.32 Å². The van der Waals surface area contributed by atoms with E-state index in [1.807, 2.05) is 18.2 Å². The minimum atomic E-state index is -0.321. The Morgan fingerprint density at radius 1 is 0.920 bits per heavy atom. The summed E-state index contributed by atoms with van der Waals surface area (Å²) in [5.41, 5.74) is 1.83. The SMILES string of the molecule is O=C(Cc1cccc(C(=O)c2ccccc2)c1)Nc1ncccc1O. The summed E-state index contributed by atoms with van der Waals surface area (Å²) in [7, 11) is 0. The van der Waals surface area contributed by atoms with E-state index in [4.69, 9.17) is 0 Å². The molecule has 2 aromatic carbocycles. The molecule has 2 N–H and O–H groups in total. The van der Waals surface area contributed by atoms with E-state index in [9.17, 15) is 14.7 Å². The highest BCUT2D eigenvalue weighted by molar-refractivity contribution is 6.09. The average molecular weight is 332 g/mol. The highest BCUT2D eigenvalue weighted by Gasteiger charge is 2.12. The Bertz CT molecular complexity index is 908. The van der Waals surface area contributed by atoms with Gasteiger partial charge in [-0.05, 0) is 23.8 Å². The third kappa shape index (κ3) is 4.09. The van der Waals surface area contributed by atoms with Crippen LogP contribution in [-0.4, -0.2) is 21.8 Å². The van der Waals surface area contributed by atoms with Crippen LogP contribution >= 0.6 is 0 Å². The molecule has 0 bridgehead atoms. The third-order valence-corrected chi connectivity index (χ3v) is 3.63. The van der Waals surface area contributed by atoms with Crippen molar-refractivity contribution < 1.29 is 14.7 Å². The zero-order valence-electron chi connectivity index (χ0n) is 13.3. The summed E-state index contributed by atoms with van der Waals surface area (Å²) >= 11 is 0. The Hall–Kier alpha value is -3.47. The van der Waals surface area contributed by atoms with Crippen LogP contribution in [0.2, 0.25) is 0 Å². The van der Waals surface area contributed by atoms with E-state index in [1.165, 1.54) is 12.3 Å². The number of amides is 1. The second kappa shape index (κ2) is 7.40. The van der Waals surface area contributed by atoms with Crippen LogP contribution in [0.1, 0.15) is 21.5 Å². The molecule has 0 saturated carbocycles. The molecule has 1 heterocycles. The summed E-state index contributed by atoms with van der Waals surface area (Å²) < 4.78 is 0. The summed E-state index contributed by atoms with van der Waals surface area (Å²) in [6.07, 6.45) is 1.56.